The molecule has 60 valence electrons. The van der Waals surface area contributed by atoms with Gasteiger partial charge in [0.25, 0.3) is 0 Å². The number of hydrogen-bond acceptors (Lipinski definition) is 2. The van der Waals surface area contributed by atoms with Gasteiger partial charge in [0, 0.05) is 18.0 Å². The molecule has 1 aliphatic rings. The van der Waals surface area contributed by atoms with Crippen molar-refractivity contribution in [1.82, 2.24) is 9.97 Å². The summed E-state index contributed by atoms with van der Waals surface area (Å²) in [6.07, 6.45) is 9.22. The summed E-state index contributed by atoms with van der Waals surface area (Å²) in [6.45, 7) is 0. The molecular formula is C9H7ClN2. The summed E-state index contributed by atoms with van der Waals surface area (Å²) in [4.78, 5) is 8.21. The Balaban J connectivity index is 2.34. The molecule has 0 aromatic carbocycles. The van der Waals surface area contributed by atoms with Crippen LogP contribution in [0.15, 0.2) is 36.7 Å². The van der Waals surface area contributed by atoms with E-state index in [1.54, 1.807) is 18.5 Å². The monoisotopic (exact) mass is 178 g/mol. The summed E-state index contributed by atoms with van der Waals surface area (Å²) in [5.41, 5.74) is 0.996. The lowest BCUT2D eigenvalue weighted by atomic mass is 10.3. The fourth-order valence-corrected chi connectivity index (χ4v) is 1.28. The fourth-order valence-electron chi connectivity index (χ4n) is 1.08. The van der Waals surface area contributed by atoms with Gasteiger partial charge in [-0.2, -0.15) is 0 Å². The summed E-state index contributed by atoms with van der Waals surface area (Å²) in [7, 11) is 0. The van der Waals surface area contributed by atoms with Crippen LogP contribution in [0.1, 0.15) is 5.82 Å². The van der Waals surface area contributed by atoms with Gasteiger partial charge in [0.05, 0.1) is 5.38 Å². The van der Waals surface area contributed by atoms with Gasteiger partial charge in [-0.3, -0.25) is 0 Å². The summed E-state index contributed by atoms with van der Waals surface area (Å²) in [5, 5.41) is -0.0104. The molecule has 3 heteroatoms. The zero-order valence-electron chi connectivity index (χ0n) is 6.31. The molecule has 1 heterocycles. The molecule has 0 aliphatic heterocycles. The number of nitrogens with zero attached hydrogens (tertiary/aromatic N) is 2. The highest BCUT2D eigenvalue weighted by Gasteiger charge is 2.08. The van der Waals surface area contributed by atoms with Crippen molar-refractivity contribution in [2.75, 3.05) is 0 Å². The zero-order chi connectivity index (χ0) is 8.39. The van der Waals surface area contributed by atoms with Gasteiger partial charge in [0.15, 0.2) is 5.82 Å². The third kappa shape index (κ3) is 1.38. The maximum Gasteiger partial charge on any atom is 0.158 e. The Bertz CT molecular complexity index is 330. The minimum atomic E-state index is -0.0104. The third-order valence-corrected chi connectivity index (χ3v) is 1.89. The Morgan fingerprint density at radius 2 is 2.00 bits per heavy atom. The Morgan fingerprint density at radius 1 is 1.25 bits per heavy atom. The first-order chi connectivity index (χ1) is 5.86. The van der Waals surface area contributed by atoms with E-state index in [-0.39, 0.29) is 5.38 Å². The molecular weight excluding hydrogens is 172 g/mol. The molecule has 0 amide bonds. The molecule has 0 N–H and O–H groups in total. The second-order valence-corrected chi connectivity index (χ2v) is 3.00. The van der Waals surface area contributed by atoms with E-state index < -0.39 is 0 Å². The van der Waals surface area contributed by atoms with Crippen LogP contribution in [0.3, 0.4) is 0 Å². The van der Waals surface area contributed by atoms with Crippen LogP contribution in [-0.4, -0.2) is 15.3 Å². The molecule has 1 aromatic heterocycles. The highest BCUT2D eigenvalue weighted by atomic mass is 35.5. The van der Waals surface area contributed by atoms with Crippen molar-refractivity contribution in [2.24, 2.45) is 0 Å². The first-order valence-electron chi connectivity index (χ1n) is 3.68. The second-order valence-electron chi connectivity index (χ2n) is 2.50. The van der Waals surface area contributed by atoms with Crippen molar-refractivity contribution in [3.63, 3.8) is 0 Å². The SMILES string of the molecule is ClC1C=CC(c2ncccn2)=C1. The summed E-state index contributed by atoms with van der Waals surface area (Å²) in [6, 6.07) is 1.79. The smallest absolute Gasteiger partial charge is 0.158 e. The highest BCUT2D eigenvalue weighted by Crippen LogP contribution is 2.20. The van der Waals surface area contributed by atoms with Crippen LogP contribution in [0.2, 0.25) is 0 Å². The van der Waals surface area contributed by atoms with Crippen LogP contribution in [0.25, 0.3) is 5.57 Å². The predicted octanol–water partition coefficient (Wildman–Crippen LogP) is 2.04. The van der Waals surface area contributed by atoms with E-state index in [0.717, 1.165) is 11.4 Å². The molecule has 1 aromatic rings. The predicted molar refractivity (Wildman–Crippen MR) is 48.8 cm³/mol. The van der Waals surface area contributed by atoms with Gasteiger partial charge in [-0.25, -0.2) is 9.97 Å². The minimum Gasteiger partial charge on any atom is -0.237 e. The lowest BCUT2D eigenvalue weighted by Gasteiger charge is -1.94. The normalized spacial score (nSPS) is 21.1. The molecule has 0 fully saturated rings. The highest BCUT2D eigenvalue weighted by molar-refractivity contribution is 6.24. The van der Waals surface area contributed by atoms with Gasteiger partial charge in [-0.05, 0) is 6.07 Å². The molecule has 2 nitrogen and oxygen atoms in total. The van der Waals surface area contributed by atoms with Crippen LogP contribution in [0.5, 0.6) is 0 Å². The number of alkyl halides is 1. The molecule has 1 atom stereocenters. The number of halogens is 1. The zero-order valence-corrected chi connectivity index (χ0v) is 7.07. The molecule has 1 unspecified atom stereocenters. The summed E-state index contributed by atoms with van der Waals surface area (Å²) >= 11 is 5.84. The maximum atomic E-state index is 5.84. The number of allylic oxidation sites excluding steroid dienone is 4. The van der Waals surface area contributed by atoms with Gasteiger partial charge in [-0.15, -0.1) is 11.6 Å². The van der Waals surface area contributed by atoms with Crippen LogP contribution in [-0.2, 0) is 0 Å². The second kappa shape index (κ2) is 3.07. The lowest BCUT2D eigenvalue weighted by Crippen LogP contribution is -1.89. The Kier molecular flexibility index (Phi) is 1.92. The van der Waals surface area contributed by atoms with Crippen molar-refractivity contribution in [1.29, 1.82) is 0 Å². The van der Waals surface area contributed by atoms with Crippen LogP contribution < -0.4 is 0 Å². The van der Waals surface area contributed by atoms with Crippen molar-refractivity contribution in [3.05, 3.63) is 42.5 Å². The van der Waals surface area contributed by atoms with E-state index in [9.17, 15) is 0 Å². The Morgan fingerprint density at radius 3 is 2.58 bits per heavy atom. The first kappa shape index (κ1) is 7.50. The molecule has 0 spiro atoms. The van der Waals surface area contributed by atoms with E-state index in [0.29, 0.717) is 0 Å². The Labute approximate surface area is 75.6 Å². The Hall–Kier alpha value is -1.15. The van der Waals surface area contributed by atoms with E-state index >= 15 is 0 Å². The maximum absolute atomic E-state index is 5.84. The average molecular weight is 179 g/mol. The van der Waals surface area contributed by atoms with Gasteiger partial charge in [-0.1, -0.05) is 18.2 Å². The molecule has 0 radical (unpaired) electrons. The standard InChI is InChI=1S/C9H7ClN2/c10-8-3-2-7(6-8)9-11-4-1-5-12-9/h1-6,8H. The quantitative estimate of drug-likeness (QED) is 0.615. The number of hydrogen-bond donors (Lipinski definition) is 0. The van der Waals surface area contributed by atoms with E-state index in [1.807, 2.05) is 18.2 Å². The lowest BCUT2D eigenvalue weighted by molar-refractivity contribution is 1.12. The molecule has 0 saturated carbocycles. The van der Waals surface area contributed by atoms with Crippen molar-refractivity contribution < 1.29 is 0 Å². The third-order valence-electron chi connectivity index (χ3n) is 1.62. The minimum absolute atomic E-state index is 0.0104. The van der Waals surface area contributed by atoms with Crippen molar-refractivity contribution in [2.45, 2.75) is 5.38 Å². The first-order valence-corrected chi connectivity index (χ1v) is 4.11. The molecule has 0 bridgehead atoms. The van der Waals surface area contributed by atoms with Gasteiger partial charge < -0.3 is 0 Å². The van der Waals surface area contributed by atoms with E-state index in [4.69, 9.17) is 11.6 Å². The van der Waals surface area contributed by atoms with Gasteiger partial charge in [0.1, 0.15) is 0 Å². The van der Waals surface area contributed by atoms with Crippen LogP contribution in [0, 0.1) is 0 Å². The van der Waals surface area contributed by atoms with Crippen LogP contribution >= 0.6 is 11.6 Å². The largest absolute Gasteiger partial charge is 0.237 e. The molecule has 0 saturated heterocycles. The van der Waals surface area contributed by atoms with E-state index in [2.05, 4.69) is 9.97 Å². The average Bonchev–Trinajstić information content (AvgIpc) is 2.54. The van der Waals surface area contributed by atoms with Crippen molar-refractivity contribution in [3.8, 4) is 0 Å². The topological polar surface area (TPSA) is 25.8 Å². The number of rotatable bonds is 1. The van der Waals surface area contributed by atoms with Gasteiger partial charge >= 0.3 is 0 Å². The summed E-state index contributed by atoms with van der Waals surface area (Å²) in [5.74, 6) is 0.733. The van der Waals surface area contributed by atoms with Crippen LogP contribution in [0.4, 0.5) is 0 Å². The molecule has 1 aliphatic carbocycles. The molecule has 12 heavy (non-hydrogen) atoms. The summed E-state index contributed by atoms with van der Waals surface area (Å²) < 4.78 is 0. The van der Waals surface area contributed by atoms with E-state index in [1.165, 1.54) is 0 Å². The van der Waals surface area contributed by atoms with Gasteiger partial charge in [0.2, 0.25) is 0 Å². The molecule has 2 rings (SSSR count). The number of aromatic nitrogens is 2. The van der Waals surface area contributed by atoms with Crippen molar-refractivity contribution >= 4 is 17.2 Å². The fraction of sp³-hybridized carbons (Fsp3) is 0.111.